The van der Waals surface area contributed by atoms with Crippen LogP contribution in [0.5, 0.6) is 0 Å². The van der Waals surface area contributed by atoms with Crippen molar-refractivity contribution in [1.29, 1.82) is 0 Å². The molecule has 35 heavy (non-hydrogen) atoms. The molecule has 0 heterocycles. The van der Waals surface area contributed by atoms with Crippen LogP contribution in [0.4, 0.5) is 4.39 Å². The van der Waals surface area contributed by atoms with Crippen LogP contribution in [0, 0.1) is 11.8 Å². The summed E-state index contributed by atoms with van der Waals surface area (Å²) < 4.78 is 15.9. The Morgan fingerprint density at radius 2 is 1.77 bits per heavy atom. The van der Waals surface area contributed by atoms with Crippen molar-refractivity contribution in [2.45, 2.75) is 73.9 Å². The lowest BCUT2D eigenvalue weighted by molar-refractivity contribution is -0.117. The standard InChI is InChI=1S/C30H41ClFNO2/c1-10-20(4)28(33-17-16-29(35)22(6)21(5)24(8)34)15-14-27(30(9,32)19(2)3)23(7)25-12-11-13-26(31)18-25/h11-15,18-20,33H,7,10,16-17H2,1-6,8-9H3/b22-21-,27-14+,28-15+. The third kappa shape index (κ3) is 8.61. The predicted molar refractivity (Wildman–Crippen MR) is 147 cm³/mol. The van der Waals surface area contributed by atoms with E-state index < -0.39 is 5.67 Å². The van der Waals surface area contributed by atoms with E-state index in [4.69, 9.17) is 11.6 Å². The Hall–Kier alpha value is -2.46. The summed E-state index contributed by atoms with van der Waals surface area (Å²) in [5, 5.41) is 3.93. The zero-order valence-corrected chi connectivity index (χ0v) is 23.3. The molecule has 1 aromatic rings. The van der Waals surface area contributed by atoms with Crippen molar-refractivity contribution in [2.24, 2.45) is 11.8 Å². The summed E-state index contributed by atoms with van der Waals surface area (Å²) in [6, 6.07) is 7.27. The summed E-state index contributed by atoms with van der Waals surface area (Å²) in [5.41, 5.74) is 2.15. The number of allylic oxidation sites excluding steroid dienone is 7. The minimum Gasteiger partial charge on any atom is -0.388 e. The second-order valence-corrected chi connectivity index (χ2v) is 10.1. The number of hydrogen-bond donors (Lipinski definition) is 1. The summed E-state index contributed by atoms with van der Waals surface area (Å²) >= 11 is 6.17. The van der Waals surface area contributed by atoms with Gasteiger partial charge in [0.05, 0.1) is 0 Å². The fourth-order valence-corrected chi connectivity index (χ4v) is 3.66. The van der Waals surface area contributed by atoms with E-state index >= 15 is 4.39 Å². The lowest BCUT2D eigenvalue weighted by Crippen LogP contribution is -2.29. The molecule has 0 fully saturated rings. The maximum atomic E-state index is 15.9. The fraction of sp³-hybridized carbons (Fsp3) is 0.467. The number of ketones is 2. The molecule has 2 atom stereocenters. The van der Waals surface area contributed by atoms with Crippen molar-refractivity contribution in [3.05, 3.63) is 76.0 Å². The Morgan fingerprint density at radius 3 is 2.29 bits per heavy atom. The second kappa shape index (κ2) is 13.6. The van der Waals surface area contributed by atoms with E-state index in [1.807, 2.05) is 32.1 Å². The zero-order chi connectivity index (χ0) is 26.9. The third-order valence-electron chi connectivity index (χ3n) is 6.87. The average Bonchev–Trinajstić information content (AvgIpc) is 2.80. The van der Waals surface area contributed by atoms with Gasteiger partial charge in [-0.25, -0.2) is 4.39 Å². The minimum atomic E-state index is -1.61. The molecule has 0 bridgehead atoms. The highest BCUT2D eigenvalue weighted by atomic mass is 35.5. The summed E-state index contributed by atoms with van der Waals surface area (Å²) in [4.78, 5) is 24.1. The zero-order valence-electron chi connectivity index (χ0n) is 22.5. The van der Waals surface area contributed by atoms with Crippen molar-refractivity contribution in [3.8, 4) is 0 Å². The quantitative estimate of drug-likeness (QED) is 0.219. The van der Waals surface area contributed by atoms with E-state index in [0.717, 1.165) is 17.7 Å². The Balaban J connectivity index is 3.30. The Kier molecular flexibility index (Phi) is 11.9. The number of rotatable bonds is 13. The van der Waals surface area contributed by atoms with Gasteiger partial charge in [0, 0.05) is 23.7 Å². The highest BCUT2D eigenvalue weighted by Crippen LogP contribution is 2.38. The lowest BCUT2D eigenvalue weighted by atomic mass is 9.80. The predicted octanol–water partition coefficient (Wildman–Crippen LogP) is 8.07. The molecule has 1 aromatic carbocycles. The maximum Gasteiger partial charge on any atom is 0.160 e. The van der Waals surface area contributed by atoms with Gasteiger partial charge in [0.2, 0.25) is 0 Å². The van der Waals surface area contributed by atoms with Gasteiger partial charge in [-0.2, -0.15) is 0 Å². The van der Waals surface area contributed by atoms with Crippen molar-refractivity contribution >= 4 is 28.7 Å². The number of halogens is 2. The molecule has 3 nitrogen and oxygen atoms in total. The van der Waals surface area contributed by atoms with E-state index in [-0.39, 0.29) is 29.8 Å². The molecule has 0 saturated carbocycles. The van der Waals surface area contributed by atoms with Crippen molar-refractivity contribution < 1.29 is 14.0 Å². The van der Waals surface area contributed by atoms with Gasteiger partial charge in [-0.05, 0) is 92.0 Å². The number of alkyl halides is 1. The molecule has 0 radical (unpaired) electrons. The Labute approximate surface area is 216 Å². The summed E-state index contributed by atoms with van der Waals surface area (Å²) in [6.07, 6.45) is 4.84. The summed E-state index contributed by atoms with van der Waals surface area (Å²) in [5.74, 6) is -0.242. The van der Waals surface area contributed by atoms with Gasteiger partial charge >= 0.3 is 0 Å². The average molecular weight is 502 g/mol. The molecule has 0 aliphatic carbocycles. The number of carbonyl (C=O) groups is 2. The van der Waals surface area contributed by atoms with E-state index in [2.05, 4.69) is 25.7 Å². The monoisotopic (exact) mass is 501 g/mol. The van der Waals surface area contributed by atoms with Gasteiger partial charge in [0.25, 0.3) is 0 Å². The number of benzene rings is 1. The number of hydrogen-bond acceptors (Lipinski definition) is 3. The Bertz CT molecular complexity index is 1030. The van der Waals surface area contributed by atoms with Crippen LogP contribution in [0.15, 0.2) is 65.4 Å². The van der Waals surface area contributed by atoms with Gasteiger partial charge in [-0.1, -0.05) is 64.1 Å². The van der Waals surface area contributed by atoms with Crippen molar-refractivity contribution in [3.63, 3.8) is 0 Å². The Morgan fingerprint density at radius 1 is 1.14 bits per heavy atom. The van der Waals surface area contributed by atoms with Crippen LogP contribution in [0.1, 0.15) is 73.8 Å². The molecule has 1 N–H and O–H groups in total. The summed E-state index contributed by atoms with van der Waals surface area (Å²) in [7, 11) is 0. The van der Waals surface area contributed by atoms with E-state index in [1.165, 1.54) is 6.92 Å². The fourth-order valence-electron chi connectivity index (χ4n) is 3.47. The minimum absolute atomic E-state index is 0.0598. The SMILES string of the molecule is C=C(/C(=C\C=C(\NCCC(=O)/C(C)=C(/C)C(C)=O)C(C)CC)C(C)(F)C(C)C)c1cccc(Cl)c1. The molecule has 1 rings (SSSR count). The molecule has 0 aliphatic rings. The first-order valence-corrected chi connectivity index (χ1v) is 12.6. The van der Waals surface area contributed by atoms with Crippen LogP contribution in [0.2, 0.25) is 5.02 Å². The first-order valence-electron chi connectivity index (χ1n) is 12.3. The largest absolute Gasteiger partial charge is 0.388 e. The molecular weight excluding hydrogens is 461 g/mol. The first kappa shape index (κ1) is 30.6. The molecule has 2 unspecified atom stereocenters. The van der Waals surface area contributed by atoms with Gasteiger partial charge in [-0.15, -0.1) is 0 Å². The molecule has 192 valence electrons. The van der Waals surface area contributed by atoms with Crippen molar-refractivity contribution in [1.82, 2.24) is 5.32 Å². The summed E-state index contributed by atoms with van der Waals surface area (Å²) in [6.45, 7) is 18.9. The van der Waals surface area contributed by atoms with Crippen LogP contribution >= 0.6 is 11.6 Å². The van der Waals surface area contributed by atoms with Gasteiger partial charge in [0.1, 0.15) is 5.67 Å². The van der Waals surface area contributed by atoms with Gasteiger partial charge in [0.15, 0.2) is 11.6 Å². The van der Waals surface area contributed by atoms with E-state index in [9.17, 15) is 9.59 Å². The highest BCUT2D eigenvalue weighted by molar-refractivity contribution is 6.30. The first-order chi connectivity index (χ1) is 16.2. The topological polar surface area (TPSA) is 46.2 Å². The van der Waals surface area contributed by atoms with Gasteiger partial charge < -0.3 is 5.32 Å². The van der Waals surface area contributed by atoms with E-state index in [1.54, 1.807) is 39.0 Å². The second-order valence-electron chi connectivity index (χ2n) is 9.64. The molecular formula is C30H41ClFNO2. The van der Waals surface area contributed by atoms with Crippen LogP contribution in [-0.2, 0) is 9.59 Å². The smallest absolute Gasteiger partial charge is 0.160 e. The van der Waals surface area contributed by atoms with Gasteiger partial charge in [-0.3, -0.25) is 9.59 Å². The van der Waals surface area contributed by atoms with Crippen LogP contribution in [0.25, 0.3) is 5.57 Å². The molecule has 0 amide bonds. The maximum absolute atomic E-state index is 15.9. The normalized spacial score (nSPS) is 15.9. The third-order valence-corrected chi connectivity index (χ3v) is 7.11. The number of nitrogens with one attached hydrogen (secondary N) is 1. The van der Waals surface area contributed by atoms with Crippen LogP contribution in [-0.4, -0.2) is 23.8 Å². The lowest BCUT2D eigenvalue weighted by Gasteiger charge is -2.29. The molecule has 0 spiro atoms. The molecule has 5 heteroatoms. The highest BCUT2D eigenvalue weighted by Gasteiger charge is 2.34. The molecule has 0 aromatic heterocycles. The van der Waals surface area contributed by atoms with E-state index in [0.29, 0.717) is 33.9 Å². The molecule has 0 aliphatic heterocycles. The van der Waals surface area contributed by atoms with Crippen LogP contribution in [0.3, 0.4) is 0 Å². The number of Topliss-reactive ketones (excluding diaryl/α,β-unsaturated/α-hetero) is 2. The van der Waals surface area contributed by atoms with Crippen molar-refractivity contribution in [2.75, 3.05) is 6.54 Å². The number of carbonyl (C=O) groups excluding carboxylic acids is 2. The molecule has 0 saturated heterocycles. The van der Waals surface area contributed by atoms with Crippen LogP contribution < -0.4 is 5.32 Å².